The number of halogens is 2. The van der Waals surface area contributed by atoms with Crippen molar-refractivity contribution in [3.05, 3.63) is 190 Å². The van der Waals surface area contributed by atoms with Crippen molar-refractivity contribution in [2.45, 2.75) is 77.0 Å². The second-order valence-electron chi connectivity index (χ2n) is 15.9. The van der Waals surface area contributed by atoms with Gasteiger partial charge in [0, 0.05) is 60.5 Å². The average Bonchev–Trinajstić information content (AvgIpc) is 2.46. The molecule has 0 atom stereocenters. The summed E-state index contributed by atoms with van der Waals surface area (Å²) in [6.45, 7) is 6.38. The van der Waals surface area contributed by atoms with Gasteiger partial charge in [-0.05, 0) is 105 Å². The van der Waals surface area contributed by atoms with Gasteiger partial charge in [0.2, 0.25) is 11.8 Å². The van der Waals surface area contributed by atoms with E-state index < -0.39 is 31.3 Å². The van der Waals surface area contributed by atoms with E-state index in [-0.39, 0.29) is 93.7 Å². The second-order valence-corrected chi connectivity index (χ2v) is 18.5. The SMILES string of the molecule is CCOC(=O)/C=C\c1ccccc1.CCOC(=O)CCc1ccc([N+](=O)[O-])cc1[N+](=O)[O-].CCOC(=O)CCc1ccccc1.Nc1ccc2c(c1)NC(=O)CC2.O=C1CCc2ccc(SOC(=O)I)cc2N1.O=N[O-].O=S(=O)(O)O.O=[N+]([O-])O.[Cl][Cu].[Na+]. The predicted molar refractivity (Wildman–Crippen MR) is 324 cm³/mol. The molecule has 2 amide bonds. The summed E-state index contributed by atoms with van der Waals surface area (Å²) in [6, 6.07) is 34.2. The summed E-state index contributed by atoms with van der Waals surface area (Å²) >= 11 is 6.22. The van der Waals surface area contributed by atoms with E-state index in [1.165, 1.54) is 29.3 Å². The summed E-state index contributed by atoms with van der Waals surface area (Å²) in [5, 5.41) is 49.6. The summed E-state index contributed by atoms with van der Waals surface area (Å²) < 4.78 is 50.3. The number of fused-ring (bicyclic) bond motifs is 2. The Morgan fingerprint density at radius 2 is 1.18 bits per heavy atom. The minimum absolute atomic E-state index is 0. The van der Waals surface area contributed by atoms with Crippen molar-refractivity contribution in [3.63, 3.8) is 0 Å². The first kappa shape index (κ1) is 84.8. The Morgan fingerprint density at radius 3 is 1.64 bits per heavy atom. The van der Waals surface area contributed by atoms with Crippen LogP contribution >= 0.6 is 44.7 Å². The van der Waals surface area contributed by atoms with E-state index >= 15 is 0 Å². The fourth-order valence-corrected chi connectivity index (χ4v) is 7.15. The zero-order valence-electron chi connectivity index (χ0n) is 47.1. The summed E-state index contributed by atoms with van der Waals surface area (Å²) in [5.74, 6) is -0.776. The Hall–Kier alpha value is -7.38. The molecule has 5 aromatic rings. The molecule has 88 heavy (non-hydrogen) atoms. The Balaban J connectivity index is -0.000000976. The smallest absolute Gasteiger partial charge is 1.00 e. The third-order valence-corrected chi connectivity index (χ3v) is 11.1. The molecule has 0 spiro atoms. The van der Waals surface area contributed by atoms with Crippen LogP contribution in [0, 0.1) is 40.5 Å². The molecular weight excluding hydrogens is 1400 g/mol. The number of nitro groups is 2. The van der Waals surface area contributed by atoms with Gasteiger partial charge in [-0.3, -0.25) is 48.5 Å². The number of nitrogen functional groups attached to an aromatic ring is 1. The molecule has 2 aliphatic heterocycles. The molecule has 0 aromatic heterocycles. The Labute approximate surface area is 556 Å². The molecule has 30 nitrogen and oxygen atoms in total. The fourth-order valence-electron chi connectivity index (χ4n) is 6.43. The minimum Gasteiger partial charge on any atom is 1.00 e. The van der Waals surface area contributed by atoms with E-state index in [2.05, 4.69) is 35.8 Å². The predicted octanol–water partition coefficient (Wildman–Crippen LogP) is 7.69. The monoisotopic (exact) mass is 1460 g/mol. The van der Waals surface area contributed by atoms with E-state index in [1.807, 2.05) is 97.9 Å². The number of hydrogen-bond acceptors (Lipinski definition) is 23. The number of nitrogens with zero attached hydrogens (tertiary/aromatic N) is 4. The van der Waals surface area contributed by atoms with Crippen LogP contribution in [0.2, 0.25) is 0 Å². The molecule has 0 bridgehead atoms. The zero-order valence-corrected chi connectivity index (χ0v) is 54.6. The Kier molecular flexibility index (Phi) is 48.8. The second kappa shape index (κ2) is 50.6. The number of aryl methyl sites for hydroxylation is 4. The molecule has 7 rings (SSSR count). The number of nitro benzene ring substituents is 2. The van der Waals surface area contributed by atoms with Crippen molar-refractivity contribution < 1.29 is 129 Å². The van der Waals surface area contributed by atoms with Crippen molar-refractivity contribution in [2.75, 3.05) is 36.2 Å². The molecular formula is C52H59ClCuIN7NaO23S2. The maximum atomic E-state index is 11.2. The molecule has 5 aromatic carbocycles. The van der Waals surface area contributed by atoms with Gasteiger partial charge in [-0.15, -0.1) is 15.5 Å². The van der Waals surface area contributed by atoms with E-state index in [0.29, 0.717) is 38.2 Å². The molecule has 0 saturated carbocycles. The number of ether oxygens (including phenoxy) is 3. The van der Waals surface area contributed by atoms with Crippen LogP contribution in [0.15, 0.2) is 132 Å². The van der Waals surface area contributed by atoms with Crippen LogP contribution < -0.4 is 45.9 Å². The minimum atomic E-state index is -4.67. The summed E-state index contributed by atoms with van der Waals surface area (Å²) in [7, 11) is -0.465. The number of carbonyl (C=O) groups excluding carboxylic acids is 6. The standard InChI is InChI=1S/C11H12N2O6.C11H14O2.C11H12O2.C10H8INO3S.C9H10N2O.ClH.Cu.HNO3.HNO2.Na.H2O4S/c1-2-19-11(14)6-4-8-3-5-9(12(15)16)7-10(8)13(17)18;2*1-2-13-11(12)9-8-10-6-4-3-5-7-10;11-10(14)15-16-7-3-1-6-2-4-9(13)12-8(6)5-7;10-7-3-1-6-2-4-9(12)11-8(6)5-7;;;2-1(3)4;2-1-3;;1-5(2,3)4/h3,5,7H,2,4,6H2,1H3;3-7H,2,8-9H2,1H3;3-9H,2H2,1H3;1,3,5H,2,4H2,(H,12,13);1,3,5H,2,4,10H2,(H,11,12);1H;;(H,2,3,4);(H,2,3);;(H2,1,2,3,4)/q;;;;;;+1;;;+1;/p-2/b;;9-8-;;;;;;;;. The van der Waals surface area contributed by atoms with Gasteiger partial charge in [0.1, 0.15) is 0 Å². The summed E-state index contributed by atoms with van der Waals surface area (Å²) in [5.41, 5.74) is 12.0. The van der Waals surface area contributed by atoms with Gasteiger partial charge in [0.25, 0.3) is 16.5 Å². The van der Waals surface area contributed by atoms with Crippen molar-refractivity contribution in [1.29, 1.82) is 0 Å². The van der Waals surface area contributed by atoms with Crippen LogP contribution in [-0.2, 0) is 93.5 Å². The molecule has 0 aliphatic carbocycles. The number of benzene rings is 5. The Bertz CT molecular complexity index is 3140. The first-order valence-electron chi connectivity index (χ1n) is 24.6. The zero-order chi connectivity index (χ0) is 66.3. The summed E-state index contributed by atoms with van der Waals surface area (Å²) in [4.78, 5) is 103. The van der Waals surface area contributed by atoms with Crippen molar-refractivity contribution in [1.82, 2.24) is 0 Å². The van der Waals surface area contributed by atoms with Crippen molar-refractivity contribution in [2.24, 2.45) is 5.34 Å². The van der Waals surface area contributed by atoms with E-state index in [4.69, 9.17) is 67.1 Å². The number of esters is 3. The van der Waals surface area contributed by atoms with Crippen molar-refractivity contribution >= 4 is 123 Å². The topological polar surface area (TPSA) is 466 Å². The molecule has 7 N–H and O–H groups in total. The maximum Gasteiger partial charge on any atom is 1.00 e. The number of non-ortho nitro benzene ring substituents is 1. The van der Waals surface area contributed by atoms with E-state index in [0.717, 1.165) is 70.1 Å². The molecule has 36 heteroatoms. The van der Waals surface area contributed by atoms with E-state index in [9.17, 15) is 49.0 Å². The molecule has 0 radical (unpaired) electrons. The van der Waals surface area contributed by atoms with Gasteiger partial charge in [-0.2, -0.15) is 8.42 Å². The number of nitrogens with two attached hydrogens (primary N) is 1. The number of anilines is 3. The third-order valence-electron chi connectivity index (χ3n) is 9.85. The molecule has 0 saturated heterocycles. The van der Waals surface area contributed by atoms with Gasteiger partial charge in [0.15, 0.2) is 0 Å². The number of carbonyl (C=O) groups is 6. The normalized spacial score (nSPS) is 10.8. The van der Waals surface area contributed by atoms with Crippen LogP contribution in [0.5, 0.6) is 0 Å². The number of nitrogens with one attached hydrogen (secondary N) is 2. The largest absolute Gasteiger partial charge is 1.00 e. The quantitative estimate of drug-likeness (QED) is 0.00475. The summed E-state index contributed by atoms with van der Waals surface area (Å²) in [6.07, 6.45) is 7.19. The van der Waals surface area contributed by atoms with Crippen LogP contribution in [-0.4, -0.2) is 91.2 Å². The molecule has 0 fully saturated rings. The third kappa shape index (κ3) is 45.0. The molecule has 2 aliphatic rings. The molecule has 0 unspecified atom stereocenters. The maximum absolute atomic E-state index is 11.2. The van der Waals surface area contributed by atoms with Crippen LogP contribution in [0.1, 0.15) is 74.3 Å². The van der Waals surface area contributed by atoms with Gasteiger partial charge >= 0.3 is 87.0 Å². The van der Waals surface area contributed by atoms with E-state index in [1.54, 1.807) is 48.6 Å². The molecule has 2 heterocycles. The fraction of sp³-hybridized carbons (Fsp3) is 0.269. The van der Waals surface area contributed by atoms with Gasteiger partial charge in [0.05, 0.1) is 75.3 Å². The van der Waals surface area contributed by atoms with Gasteiger partial charge in [-0.25, -0.2) is 9.59 Å². The average molecular weight is 1460 g/mol. The number of rotatable bonds is 15. The van der Waals surface area contributed by atoms with Crippen LogP contribution in [0.25, 0.3) is 6.08 Å². The first-order chi connectivity index (χ1) is 41.2. The van der Waals surface area contributed by atoms with Crippen molar-refractivity contribution in [3.8, 4) is 0 Å². The Morgan fingerprint density at radius 1 is 0.727 bits per heavy atom. The van der Waals surface area contributed by atoms with Gasteiger partial charge in [-0.1, -0.05) is 72.8 Å². The van der Waals surface area contributed by atoms with Crippen LogP contribution in [0.3, 0.4) is 0 Å². The molecule has 478 valence electrons. The number of amides is 2. The first-order valence-corrected chi connectivity index (χ1v) is 29.1. The van der Waals surface area contributed by atoms with Crippen LogP contribution in [0.4, 0.5) is 33.2 Å². The van der Waals surface area contributed by atoms with Gasteiger partial charge < -0.3 is 50.1 Å². The number of hydrogen-bond donors (Lipinski definition) is 6.